The topological polar surface area (TPSA) is 91.0 Å². The number of likely N-dealkylation sites (tertiary alicyclic amines) is 1. The summed E-state index contributed by atoms with van der Waals surface area (Å²) >= 11 is 0. The van der Waals surface area contributed by atoms with Crippen LogP contribution >= 0.6 is 0 Å². The van der Waals surface area contributed by atoms with E-state index in [0.717, 1.165) is 42.6 Å². The average molecular weight is 341 g/mol. The van der Waals surface area contributed by atoms with Crippen molar-refractivity contribution in [2.45, 2.75) is 45.6 Å². The predicted molar refractivity (Wildman–Crippen MR) is 93.9 cm³/mol. The highest BCUT2D eigenvalue weighted by molar-refractivity contribution is 6.39. The lowest BCUT2D eigenvalue weighted by Crippen LogP contribution is -2.42. The van der Waals surface area contributed by atoms with E-state index < -0.39 is 11.8 Å². The van der Waals surface area contributed by atoms with Gasteiger partial charge in [0.2, 0.25) is 0 Å². The first-order valence-electron chi connectivity index (χ1n) is 8.61. The van der Waals surface area contributed by atoms with Gasteiger partial charge in [-0.1, -0.05) is 12.8 Å². The molecule has 132 valence electrons. The fourth-order valence-corrected chi connectivity index (χ4v) is 3.45. The van der Waals surface area contributed by atoms with Gasteiger partial charge in [0.05, 0.1) is 23.6 Å². The van der Waals surface area contributed by atoms with E-state index in [1.807, 2.05) is 13.8 Å². The van der Waals surface area contributed by atoms with Crippen LogP contribution in [0, 0.1) is 13.8 Å². The van der Waals surface area contributed by atoms with E-state index in [2.05, 4.69) is 20.5 Å². The summed E-state index contributed by atoms with van der Waals surface area (Å²) in [5, 5.41) is 9.88. The molecule has 2 aromatic heterocycles. The fraction of sp³-hybridized carbons (Fsp3) is 0.444. The number of carbonyl (C=O) groups excluding carboxylic acids is 2. The van der Waals surface area contributed by atoms with Crippen LogP contribution in [0.5, 0.6) is 0 Å². The SMILES string of the molecule is Cc1n[nH]c(C)c1C1CCCCCN1C(=O)C(=O)Nc1cccnc1. The number of hydrogen-bond acceptors (Lipinski definition) is 4. The first kappa shape index (κ1) is 17.1. The number of nitrogens with zero attached hydrogens (tertiary/aromatic N) is 3. The Morgan fingerprint density at radius 2 is 2.12 bits per heavy atom. The Morgan fingerprint density at radius 1 is 1.28 bits per heavy atom. The van der Waals surface area contributed by atoms with Gasteiger partial charge in [0.15, 0.2) is 0 Å². The molecule has 1 saturated heterocycles. The zero-order valence-corrected chi connectivity index (χ0v) is 14.6. The maximum absolute atomic E-state index is 12.8. The molecule has 3 heterocycles. The summed E-state index contributed by atoms with van der Waals surface area (Å²) in [6, 6.07) is 3.31. The van der Waals surface area contributed by atoms with E-state index in [1.54, 1.807) is 23.2 Å². The van der Waals surface area contributed by atoms with Gasteiger partial charge in [-0.25, -0.2) is 0 Å². The van der Waals surface area contributed by atoms with E-state index in [0.29, 0.717) is 12.2 Å². The summed E-state index contributed by atoms with van der Waals surface area (Å²) in [5.74, 6) is -1.13. The van der Waals surface area contributed by atoms with Crippen molar-refractivity contribution in [3.63, 3.8) is 0 Å². The Hall–Kier alpha value is -2.70. The normalized spacial score (nSPS) is 17.8. The first-order valence-corrected chi connectivity index (χ1v) is 8.61. The van der Waals surface area contributed by atoms with Gasteiger partial charge < -0.3 is 10.2 Å². The molecular weight excluding hydrogens is 318 g/mol. The molecule has 2 amide bonds. The van der Waals surface area contributed by atoms with E-state index in [4.69, 9.17) is 0 Å². The second-order valence-corrected chi connectivity index (χ2v) is 6.41. The Balaban J connectivity index is 1.83. The van der Waals surface area contributed by atoms with E-state index in [-0.39, 0.29) is 6.04 Å². The van der Waals surface area contributed by atoms with Crippen LogP contribution in [-0.4, -0.2) is 38.4 Å². The van der Waals surface area contributed by atoms with Crippen molar-refractivity contribution in [3.05, 3.63) is 41.5 Å². The van der Waals surface area contributed by atoms with Crippen molar-refractivity contribution in [1.29, 1.82) is 0 Å². The van der Waals surface area contributed by atoms with Gasteiger partial charge in [-0.15, -0.1) is 0 Å². The number of hydrogen-bond donors (Lipinski definition) is 2. The monoisotopic (exact) mass is 341 g/mol. The summed E-state index contributed by atoms with van der Waals surface area (Å²) in [6.45, 7) is 4.47. The van der Waals surface area contributed by atoms with Gasteiger partial charge >= 0.3 is 11.8 Å². The average Bonchev–Trinajstić information content (AvgIpc) is 2.81. The van der Waals surface area contributed by atoms with Crippen molar-refractivity contribution in [2.24, 2.45) is 0 Å². The van der Waals surface area contributed by atoms with Crippen molar-refractivity contribution in [1.82, 2.24) is 20.1 Å². The lowest BCUT2D eigenvalue weighted by atomic mass is 9.99. The maximum Gasteiger partial charge on any atom is 0.313 e. The largest absolute Gasteiger partial charge is 0.327 e. The quantitative estimate of drug-likeness (QED) is 0.821. The van der Waals surface area contributed by atoms with Crippen LogP contribution in [0.15, 0.2) is 24.5 Å². The van der Waals surface area contributed by atoms with Crippen LogP contribution in [0.25, 0.3) is 0 Å². The molecule has 1 aliphatic heterocycles. The molecule has 2 N–H and O–H groups in total. The van der Waals surface area contributed by atoms with Crippen molar-refractivity contribution >= 4 is 17.5 Å². The van der Waals surface area contributed by atoms with Crippen LogP contribution in [0.4, 0.5) is 5.69 Å². The lowest BCUT2D eigenvalue weighted by Gasteiger charge is -2.30. The Morgan fingerprint density at radius 3 is 2.80 bits per heavy atom. The standard InChI is InChI=1S/C18H23N5O2/c1-12-16(13(2)22-21-12)15-8-4-3-5-10-23(15)18(25)17(24)20-14-7-6-9-19-11-14/h6-7,9,11,15H,3-5,8,10H2,1-2H3,(H,20,24)(H,21,22). The second kappa shape index (κ2) is 7.46. The molecule has 25 heavy (non-hydrogen) atoms. The molecule has 1 unspecified atom stereocenters. The third-order valence-corrected chi connectivity index (χ3v) is 4.65. The third-order valence-electron chi connectivity index (χ3n) is 4.65. The van der Waals surface area contributed by atoms with Crippen molar-refractivity contribution in [3.8, 4) is 0 Å². The third kappa shape index (κ3) is 3.70. The molecule has 0 bridgehead atoms. The van der Waals surface area contributed by atoms with Crippen LogP contribution < -0.4 is 5.32 Å². The van der Waals surface area contributed by atoms with Gasteiger partial charge in [-0.2, -0.15) is 5.10 Å². The number of aryl methyl sites for hydroxylation is 2. The van der Waals surface area contributed by atoms with Crippen molar-refractivity contribution < 1.29 is 9.59 Å². The van der Waals surface area contributed by atoms with Gasteiger partial charge in [0.1, 0.15) is 0 Å². The number of nitrogens with one attached hydrogen (secondary N) is 2. The van der Waals surface area contributed by atoms with Crippen LogP contribution in [-0.2, 0) is 9.59 Å². The molecule has 0 saturated carbocycles. The van der Waals surface area contributed by atoms with Gasteiger partial charge in [0.25, 0.3) is 0 Å². The molecule has 1 atom stereocenters. The van der Waals surface area contributed by atoms with Crippen LogP contribution in [0.3, 0.4) is 0 Å². The highest BCUT2D eigenvalue weighted by Crippen LogP contribution is 2.33. The summed E-state index contributed by atoms with van der Waals surface area (Å²) < 4.78 is 0. The molecular formula is C18H23N5O2. The minimum absolute atomic E-state index is 0.117. The van der Waals surface area contributed by atoms with E-state index in [1.165, 1.54) is 6.20 Å². The Kier molecular flexibility index (Phi) is 5.11. The molecule has 0 radical (unpaired) electrons. The number of pyridine rings is 1. The van der Waals surface area contributed by atoms with Gasteiger partial charge in [-0.05, 0) is 38.8 Å². The van der Waals surface area contributed by atoms with Crippen LogP contribution in [0.1, 0.15) is 48.7 Å². The molecule has 3 rings (SSSR count). The number of aromatic amines is 1. The number of carbonyl (C=O) groups is 2. The molecule has 0 aliphatic carbocycles. The molecule has 2 aromatic rings. The summed E-state index contributed by atoms with van der Waals surface area (Å²) in [5.41, 5.74) is 3.39. The summed E-state index contributed by atoms with van der Waals surface area (Å²) in [7, 11) is 0. The minimum Gasteiger partial charge on any atom is -0.327 e. The number of H-pyrrole nitrogens is 1. The number of rotatable bonds is 2. The summed E-state index contributed by atoms with van der Waals surface area (Å²) in [4.78, 5) is 31.0. The Labute approximate surface area is 146 Å². The second-order valence-electron chi connectivity index (χ2n) is 6.41. The molecule has 7 nitrogen and oxygen atoms in total. The van der Waals surface area contributed by atoms with Gasteiger partial charge in [-0.3, -0.25) is 19.7 Å². The fourth-order valence-electron chi connectivity index (χ4n) is 3.45. The molecule has 7 heteroatoms. The lowest BCUT2D eigenvalue weighted by molar-refractivity contribution is -0.144. The Bertz CT molecular complexity index is 737. The first-order chi connectivity index (χ1) is 12.1. The smallest absolute Gasteiger partial charge is 0.313 e. The van der Waals surface area contributed by atoms with E-state index in [9.17, 15) is 9.59 Å². The number of amides is 2. The maximum atomic E-state index is 12.8. The highest BCUT2D eigenvalue weighted by Gasteiger charge is 2.33. The summed E-state index contributed by atoms with van der Waals surface area (Å²) in [6.07, 6.45) is 6.97. The van der Waals surface area contributed by atoms with Crippen molar-refractivity contribution in [2.75, 3.05) is 11.9 Å². The minimum atomic E-state index is -0.626. The molecule has 0 aromatic carbocycles. The zero-order valence-electron chi connectivity index (χ0n) is 14.6. The van der Waals surface area contributed by atoms with E-state index >= 15 is 0 Å². The van der Waals surface area contributed by atoms with Gasteiger partial charge in [0, 0.05) is 24.0 Å². The molecule has 0 spiro atoms. The molecule has 1 aliphatic rings. The zero-order chi connectivity index (χ0) is 17.8. The van der Waals surface area contributed by atoms with Crippen LogP contribution in [0.2, 0.25) is 0 Å². The number of anilines is 1. The predicted octanol–water partition coefficient (Wildman–Crippen LogP) is 2.50. The highest BCUT2D eigenvalue weighted by atomic mass is 16.2. The molecule has 1 fully saturated rings. The number of aromatic nitrogens is 3.